The van der Waals surface area contributed by atoms with E-state index in [2.05, 4.69) is 84.9 Å². The van der Waals surface area contributed by atoms with Crippen molar-refractivity contribution in [2.75, 3.05) is 0 Å². The van der Waals surface area contributed by atoms with E-state index in [0.29, 0.717) is 11.5 Å². The highest BCUT2D eigenvalue weighted by Gasteiger charge is 2.58. The number of benzene rings is 6. The lowest BCUT2D eigenvalue weighted by atomic mass is 10.3. The molecule has 0 N–H and O–H groups in total. The second-order valence-electron chi connectivity index (χ2n) is 9.63. The highest BCUT2D eigenvalue weighted by molar-refractivity contribution is 7.11. The first kappa shape index (κ1) is 26.5. The Morgan fingerprint density at radius 2 is 0.561 bits per heavy atom. The maximum atomic E-state index is 7.81. The fraction of sp³-hybridized carbons (Fsp3) is 0. The molecule has 0 saturated carbocycles. The van der Waals surface area contributed by atoms with Gasteiger partial charge in [-0.25, -0.2) is 0 Å². The third-order valence-electron chi connectivity index (χ3n) is 6.95. The highest BCUT2D eigenvalue weighted by atomic mass is 28.5. The maximum absolute atomic E-state index is 7.81. The molecule has 0 aliphatic carbocycles. The average molecular weight is 567 g/mol. The summed E-state index contributed by atoms with van der Waals surface area (Å²) >= 11 is 0. The van der Waals surface area contributed by atoms with Gasteiger partial charge < -0.3 is 13.0 Å². The Morgan fingerprint density at radius 1 is 0.293 bits per heavy atom. The van der Waals surface area contributed by atoms with Crippen LogP contribution in [-0.4, -0.2) is 17.1 Å². The summed E-state index contributed by atoms with van der Waals surface area (Å²) in [7, 11) is -7.01. The molecule has 0 atom stereocenters. The van der Waals surface area contributed by atoms with Gasteiger partial charge in [0, 0.05) is 5.19 Å². The molecule has 6 aromatic carbocycles. The van der Waals surface area contributed by atoms with Crippen molar-refractivity contribution in [1.29, 1.82) is 0 Å². The van der Waals surface area contributed by atoms with E-state index < -0.39 is 17.1 Å². The normalized spacial score (nSPS) is 11.5. The molecular formula is C36H30O3Si2. The van der Waals surface area contributed by atoms with Gasteiger partial charge in [-0.1, -0.05) is 158 Å². The lowest BCUT2D eigenvalue weighted by Gasteiger charge is -2.40. The van der Waals surface area contributed by atoms with E-state index in [9.17, 15) is 0 Å². The Hall–Kier alpha value is -4.69. The molecule has 5 heteroatoms. The van der Waals surface area contributed by atoms with Crippen LogP contribution in [0.15, 0.2) is 182 Å². The third kappa shape index (κ3) is 5.65. The van der Waals surface area contributed by atoms with Crippen LogP contribution in [0.5, 0.6) is 11.5 Å². The van der Waals surface area contributed by atoms with Crippen LogP contribution < -0.4 is 29.6 Å². The zero-order chi connectivity index (χ0) is 27.8. The summed E-state index contributed by atoms with van der Waals surface area (Å²) in [6, 6.07) is 61.4. The van der Waals surface area contributed by atoms with Crippen molar-refractivity contribution in [3.8, 4) is 11.5 Å². The van der Waals surface area contributed by atoms with Crippen LogP contribution in [0.25, 0.3) is 0 Å². The topological polar surface area (TPSA) is 27.7 Å². The van der Waals surface area contributed by atoms with Crippen LogP contribution in [0.3, 0.4) is 0 Å². The van der Waals surface area contributed by atoms with Crippen molar-refractivity contribution in [1.82, 2.24) is 0 Å². The minimum atomic E-state index is -3.78. The van der Waals surface area contributed by atoms with E-state index in [4.69, 9.17) is 13.0 Å². The molecule has 0 aromatic heterocycles. The molecule has 6 aromatic rings. The van der Waals surface area contributed by atoms with E-state index in [1.165, 1.54) is 0 Å². The van der Waals surface area contributed by atoms with E-state index in [-0.39, 0.29) is 0 Å². The Morgan fingerprint density at radius 3 is 0.878 bits per heavy atom. The molecule has 0 saturated heterocycles. The zero-order valence-electron chi connectivity index (χ0n) is 22.5. The maximum Gasteiger partial charge on any atom is 0.659 e. The molecule has 0 radical (unpaired) electrons. The summed E-state index contributed by atoms with van der Waals surface area (Å²) in [5.41, 5.74) is 0. The molecule has 200 valence electrons. The lowest BCUT2D eigenvalue weighted by Crippen LogP contribution is -2.78. The van der Waals surface area contributed by atoms with Gasteiger partial charge in [0.05, 0.1) is 0 Å². The Kier molecular flexibility index (Phi) is 7.91. The van der Waals surface area contributed by atoms with Crippen LogP contribution in [0, 0.1) is 0 Å². The quantitative estimate of drug-likeness (QED) is 0.158. The first-order valence-electron chi connectivity index (χ1n) is 13.7. The summed E-state index contributed by atoms with van der Waals surface area (Å²) in [5.74, 6) is 1.38. The van der Waals surface area contributed by atoms with Crippen LogP contribution in [-0.2, 0) is 4.12 Å². The first-order valence-corrected chi connectivity index (χ1v) is 17.3. The monoisotopic (exact) mass is 566 g/mol. The number of para-hydroxylation sites is 2. The van der Waals surface area contributed by atoms with Gasteiger partial charge in [0.2, 0.25) is 0 Å². The minimum Gasteiger partial charge on any atom is -0.489 e. The Labute approximate surface area is 243 Å². The zero-order valence-corrected chi connectivity index (χ0v) is 24.5. The van der Waals surface area contributed by atoms with Gasteiger partial charge in [-0.2, -0.15) is 0 Å². The molecule has 0 spiro atoms. The fourth-order valence-electron chi connectivity index (χ4n) is 5.07. The van der Waals surface area contributed by atoms with Crippen LogP contribution in [0.4, 0.5) is 0 Å². The standard InChI is InChI=1S/C36H30O3Si2/c1-7-19-31(20-8-1)37-41(36-29-17-6-18-30-36,38-32-21-9-2-10-22-32)39-40(33-23-11-3-12-24-33,34-25-13-4-14-26-34)35-27-15-5-16-28-35/h1-30H. The van der Waals surface area contributed by atoms with E-state index >= 15 is 0 Å². The molecule has 0 amide bonds. The fourth-order valence-corrected chi connectivity index (χ4v) is 13.7. The second kappa shape index (κ2) is 12.2. The SMILES string of the molecule is c1ccc(O[Si](Oc2ccccc2)(O[Si](c2ccccc2)(c2ccccc2)c2ccccc2)c2ccccc2)cc1. The predicted molar refractivity (Wildman–Crippen MR) is 171 cm³/mol. The van der Waals surface area contributed by atoms with Crippen molar-refractivity contribution in [3.05, 3.63) is 182 Å². The van der Waals surface area contributed by atoms with E-state index in [1.807, 2.05) is 97.1 Å². The summed E-state index contributed by atoms with van der Waals surface area (Å²) in [5, 5.41) is 4.21. The van der Waals surface area contributed by atoms with Crippen LogP contribution >= 0.6 is 0 Å². The summed E-state index contributed by atoms with van der Waals surface area (Å²) in [6.07, 6.45) is 0. The number of rotatable bonds is 10. The van der Waals surface area contributed by atoms with Crippen LogP contribution in [0.1, 0.15) is 0 Å². The van der Waals surface area contributed by atoms with Gasteiger partial charge >= 0.3 is 8.80 Å². The van der Waals surface area contributed by atoms with E-state index in [0.717, 1.165) is 20.7 Å². The lowest BCUT2D eigenvalue weighted by molar-refractivity contribution is 0.283. The summed E-state index contributed by atoms with van der Waals surface area (Å²) in [4.78, 5) is 0. The Bertz CT molecular complexity index is 1500. The third-order valence-corrected chi connectivity index (χ3v) is 14.7. The largest absolute Gasteiger partial charge is 0.659 e. The molecule has 41 heavy (non-hydrogen) atoms. The van der Waals surface area contributed by atoms with Crippen molar-refractivity contribution < 1.29 is 13.0 Å². The van der Waals surface area contributed by atoms with Crippen molar-refractivity contribution >= 4 is 37.9 Å². The number of hydrogen-bond donors (Lipinski definition) is 0. The molecule has 3 nitrogen and oxygen atoms in total. The molecular weight excluding hydrogens is 537 g/mol. The van der Waals surface area contributed by atoms with Crippen molar-refractivity contribution in [2.45, 2.75) is 0 Å². The van der Waals surface area contributed by atoms with Gasteiger partial charge in [0.25, 0.3) is 8.32 Å². The molecule has 0 bridgehead atoms. The molecule has 0 aliphatic heterocycles. The molecule has 0 heterocycles. The molecule has 0 fully saturated rings. The molecule has 6 rings (SSSR count). The summed E-state index contributed by atoms with van der Waals surface area (Å²) < 4.78 is 21.9. The predicted octanol–water partition coefficient (Wildman–Crippen LogP) is 5.67. The molecule has 0 unspecified atom stereocenters. The smallest absolute Gasteiger partial charge is 0.489 e. The van der Waals surface area contributed by atoms with Gasteiger partial charge in [-0.05, 0) is 39.8 Å². The van der Waals surface area contributed by atoms with Gasteiger partial charge in [0.1, 0.15) is 11.5 Å². The van der Waals surface area contributed by atoms with Gasteiger partial charge in [-0.15, -0.1) is 0 Å². The molecule has 0 aliphatic rings. The van der Waals surface area contributed by atoms with Crippen molar-refractivity contribution in [3.63, 3.8) is 0 Å². The summed E-state index contributed by atoms with van der Waals surface area (Å²) in [6.45, 7) is 0. The number of hydrogen-bond acceptors (Lipinski definition) is 3. The van der Waals surface area contributed by atoms with Crippen LogP contribution in [0.2, 0.25) is 0 Å². The average Bonchev–Trinajstić information content (AvgIpc) is 3.06. The Balaban J connectivity index is 1.66. The van der Waals surface area contributed by atoms with Gasteiger partial charge in [-0.3, -0.25) is 0 Å². The first-order chi connectivity index (χ1) is 20.3. The highest BCUT2D eigenvalue weighted by Crippen LogP contribution is 2.25. The van der Waals surface area contributed by atoms with E-state index in [1.54, 1.807) is 0 Å². The van der Waals surface area contributed by atoms with Gasteiger partial charge in [0.15, 0.2) is 0 Å². The van der Waals surface area contributed by atoms with Crippen molar-refractivity contribution in [2.24, 2.45) is 0 Å². The minimum absolute atomic E-state index is 0.691. The second-order valence-corrected chi connectivity index (χ2v) is 15.6.